The van der Waals surface area contributed by atoms with E-state index >= 15 is 0 Å². The summed E-state index contributed by atoms with van der Waals surface area (Å²) in [6.07, 6.45) is -2.70. The molecule has 0 aromatic heterocycles. The molecule has 3 aromatic rings. The lowest BCUT2D eigenvalue weighted by Crippen LogP contribution is -2.62. The highest BCUT2D eigenvalue weighted by Crippen LogP contribution is 2.32. The summed E-state index contributed by atoms with van der Waals surface area (Å²) in [5, 5.41) is 0. The number of ether oxygens (including phenoxy) is 6. The third kappa shape index (κ3) is 11.4. The Balaban J connectivity index is 1.61. The molecule has 0 bridgehead atoms. The summed E-state index contributed by atoms with van der Waals surface area (Å²) in [5.41, 5.74) is 4.31. The van der Waals surface area contributed by atoms with Crippen LogP contribution in [0, 0.1) is 0 Å². The van der Waals surface area contributed by atoms with Crippen molar-refractivity contribution in [3.05, 3.63) is 120 Å². The van der Waals surface area contributed by atoms with Gasteiger partial charge in [0.1, 0.15) is 24.4 Å². The number of hydrogen-bond acceptors (Lipinski definition) is 6. The zero-order valence-electron chi connectivity index (χ0n) is 27.0. The molecule has 0 radical (unpaired) electrons. The molecule has 1 fully saturated rings. The Kier molecular flexibility index (Phi) is 13.4. The average Bonchev–Trinajstić information content (AvgIpc) is 2.99. The first-order chi connectivity index (χ1) is 21.2. The van der Waals surface area contributed by atoms with Crippen LogP contribution < -0.4 is 0 Å². The van der Waals surface area contributed by atoms with Gasteiger partial charge in [0.15, 0.2) is 6.29 Å². The Morgan fingerprint density at radius 2 is 1.20 bits per heavy atom. The molecule has 0 aliphatic carbocycles. The van der Waals surface area contributed by atoms with Crippen molar-refractivity contribution in [1.82, 2.24) is 0 Å². The maximum absolute atomic E-state index is 6.74. The van der Waals surface area contributed by atoms with Crippen molar-refractivity contribution >= 4 is 8.07 Å². The van der Waals surface area contributed by atoms with Crippen LogP contribution in [0.4, 0.5) is 0 Å². The molecule has 44 heavy (non-hydrogen) atoms. The first kappa shape index (κ1) is 34.3. The standard InChI is InChI=1S/C37H50O6Si/c1-28(2)42-37-36(39-22-29(3)27-44(4,5)6)35(41-25-32-20-14-9-15-21-32)34(40-24-31-18-12-8-13-19-31)33(43-37)26-38-23-30-16-10-7-11-17-30/h7-21,28,33-37H,3,22-27H2,1-2,4-6H3/t33-,34-,35+,36+,37-/m1/s1. The zero-order chi connectivity index (χ0) is 31.4. The summed E-state index contributed by atoms with van der Waals surface area (Å²) in [6.45, 7) is 17.4. The second-order valence-electron chi connectivity index (χ2n) is 13.0. The maximum atomic E-state index is 6.74. The van der Waals surface area contributed by atoms with E-state index in [9.17, 15) is 0 Å². The van der Waals surface area contributed by atoms with Crippen LogP contribution in [-0.2, 0) is 48.2 Å². The van der Waals surface area contributed by atoms with Gasteiger partial charge in [0.25, 0.3) is 0 Å². The van der Waals surface area contributed by atoms with E-state index in [1.54, 1.807) is 0 Å². The van der Waals surface area contributed by atoms with Crippen molar-refractivity contribution in [2.24, 2.45) is 0 Å². The quantitative estimate of drug-likeness (QED) is 0.114. The highest BCUT2D eigenvalue weighted by atomic mass is 28.3. The predicted octanol–water partition coefficient (Wildman–Crippen LogP) is 7.80. The molecule has 0 unspecified atom stereocenters. The first-order valence-electron chi connectivity index (χ1n) is 15.7. The van der Waals surface area contributed by atoms with Crippen LogP contribution in [-0.4, -0.2) is 58.1 Å². The molecule has 4 rings (SSSR count). The van der Waals surface area contributed by atoms with Gasteiger partial charge in [-0.15, -0.1) is 0 Å². The van der Waals surface area contributed by atoms with E-state index in [4.69, 9.17) is 28.4 Å². The van der Waals surface area contributed by atoms with Gasteiger partial charge >= 0.3 is 0 Å². The lowest BCUT2D eigenvalue weighted by atomic mass is 9.97. The molecule has 3 aromatic carbocycles. The number of hydrogen-bond donors (Lipinski definition) is 0. The largest absolute Gasteiger partial charge is 0.374 e. The molecule has 0 spiro atoms. The number of benzene rings is 3. The molecule has 0 amide bonds. The molecular formula is C37H50O6Si. The van der Waals surface area contributed by atoms with Crippen LogP contribution in [0.25, 0.3) is 0 Å². The monoisotopic (exact) mass is 618 g/mol. The van der Waals surface area contributed by atoms with Gasteiger partial charge in [-0.05, 0) is 36.6 Å². The van der Waals surface area contributed by atoms with Crippen molar-refractivity contribution < 1.29 is 28.4 Å². The topological polar surface area (TPSA) is 55.4 Å². The normalized spacial score (nSPS) is 22.3. The Morgan fingerprint density at radius 1 is 0.705 bits per heavy atom. The molecule has 1 aliphatic rings. The second kappa shape index (κ2) is 17.2. The molecule has 7 heteroatoms. The highest BCUT2D eigenvalue weighted by Gasteiger charge is 2.49. The predicted molar refractivity (Wildman–Crippen MR) is 178 cm³/mol. The van der Waals surface area contributed by atoms with Gasteiger partial charge in [0.05, 0.1) is 39.1 Å². The maximum Gasteiger partial charge on any atom is 0.187 e. The van der Waals surface area contributed by atoms with Gasteiger partial charge in [0.2, 0.25) is 0 Å². The summed E-state index contributed by atoms with van der Waals surface area (Å²) in [5.74, 6) is 0. The molecule has 0 saturated carbocycles. The van der Waals surface area contributed by atoms with Crippen LogP contribution in [0.15, 0.2) is 103 Å². The summed E-state index contributed by atoms with van der Waals surface area (Å²) < 4.78 is 39.3. The fourth-order valence-electron chi connectivity index (χ4n) is 5.37. The zero-order valence-corrected chi connectivity index (χ0v) is 28.0. The fourth-order valence-corrected chi connectivity index (χ4v) is 6.98. The van der Waals surface area contributed by atoms with Crippen molar-refractivity contribution in [1.29, 1.82) is 0 Å². The van der Waals surface area contributed by atoms with Crippen molar-refractivity contribution in [2.45, 2.75) is 96.2 Å². The third-order valence-corrected chi connectivity index (χ3v) is 8.78. The van der Waals surface area contributed by atoms with E-state index in [0.29, 0.717) is 33.0 Å². The molecule has 0 N–H and O–H groups in total. The summed E-state index contributed by atoms with van der Waals surface area (Å²) in [6, 6.07) is 31.4. The molecule has 1 saturated heterocycles. The summed E-state index contributed by atoms with van der Waals surface area (Å²) in [4.78, 5) is 0. The van der Waals surface area contributed by atoms with E-state index in [2.05, 4.69) is 62.6 Å². The lowest BCUT2D eigenvalue weighted by Gasteiger charge is -2.46. The highest BCUT2D eigenvalue weighted by molar-refractivity contribution is 6.76. The van der Waals surface area contributed by atoms with Crippen LogP contribution in [0.3, 0.4) is 0 Å². The Hall–Kier alpha value is -2.62. The smallest absolute Gasteiger partial charge is 0.187 e. The van der Waals surface area contributed by atoms with E-state index in [-0.39, 0.29) is 6.10 Å². The van der Waals surface area contributed by atoms with Gasteiger partial charge in [-0.2, -0.15) is 0 Å². The van der Waals surface area contributed by atoms with Gasteiger partial charge in [0, 0.05) is 8.07 Å². The molecule has 1 heterocycles. The van der Waals surface area contributed by atoms with Gasteiger partial charge in [-0.25, -0.2) is 0 Å². The van der Waals surface area contributed by atoms with Crippen molar-refractivity contribution in [3.63, 3.8) is 0 Å². The minimum atomic E-state index is -1.36. The van der Waals surface area contributed by atoms with Crippen molar-refractivity contribution in [2.75, 3.05) is 13.2 Å². The summed E-state index contributed by atoms with van der Waals surface area (Å²) in [7, 11) is -1.36. The number of rotatable bonds is 17. The van der Waals surface area contributed by atoms with E-state index < -0.39 is 38.8 Å². The SMILES string of the molecule is C=C(CO[C@@H]1[C@H](OC(C)C)O[C@H](COCc2ccccc2)[C@@H](OCc2ccccc2)[C@@H]1OCc1ccccc1)C[Si](C)(C)C. The Labute approximate surface area is 265 Å². The Bertz CT molecular complexity index is 1230. The van der Waals surface area contributed by atoms with E-state index in [0.717, 1.165) is 28.3 Å². The summed E-state index contributed by atoms with van der Waals surface area (Å²) >= 11 is 0. The van der Waals surface area contributed by atoms with Crippen LogP contribution >= 0.6 is 0 Å². The minimum absolute atomic E-state index is 0.0845. The molecule has 5 atom stereocenters. The van der Waals surface area contributed by atoms with Crippen LogP contribution in [0.2, 0.25) is 25.7 Å². The van der Waals surface area contributed by atoms with Crippen molar-refractivity contribution in [3.8, 4) is 0 Å². The molecule has 6 nitrogen and oxygen atoms in total. The molecule has 1 aliphatic heterocycles. The van der Waals surface area contributed by atoms with Crippen LogP contribution in [0.1, 0.15) is 30.5 Å². The average molecular weight is 619 g/mol. The van der Waals surface area contributed by atoms with E-state index in [1.807, 2.05) is 68.4 Å². The van der Waals surface area contributed by atoms with Gasteiger partial charge < -0.3 is 28.4 Å². The molecule has 238 valence electrons. The lowest BCUT2D eigenvalue weighted by molar-refractivity contribution is -0.331. The third-order valence-electron chi connectivity index (χ3n) is 7.22. The first-order valence-corrected chi connectivity index (χ1v) is 19.4. The fraction of sp³-hybridized carbons (Fsp3) is 0.459. The second-order valence-corrected chi connectivity index (χ2v) is 18.5. The van der Waals surface area contributed by atoms with E-state index in [1.165, 1.54) is 0 Å². The molecular weight excluding hydrogens is 568 g/mol. The van der Waals surface area contributed by atoms with Crippen LogP contribution in [0.5, 0.6) is 0 Å². The van der Waals surface area contributed by atoms with Gasteiger partial charge in [-0.1, -0.05) is 123 Å². The van der Waals surface area contributed by atoms with Gasteiger partial charge in [-0.3, -0.25) is 0 Å². The minimum Gasteiger partial charge on any atom is -0.374 e. The Morgan fingerprint density at radius 3 is 1.70 bits per heavy atom.